The fraction of sp³-hybridized carbons (Fsp3) is 1.00. The van der Waals surface area contributed by atoms with Crippen LogP contribution in [-0.2, 0) is 9.47 Å². The van der Waals surface area contributed by atoms with Gasteiger partial charge in [-0.1, -0.05) is 6.92 Å². The molecule has 3 heteroatoms. The van der Waals surface area contributed by atoms with Gasteiger partial charge in [0.25, 0.3) is 0 Å². The predicted molar refractivity (Wildman–Crippen MR) is 69.1 cm³/mol. The molecule has 17 heavy (non-hydrogen) atoms. The van der Waals surface area contributed by atoms with Crippen molar-refractivity contribution in [2.24, 2.45) is 5.92 Å². The van der Waals surface area contributed by atoms with Gasteiger partial charge >= 0.3 is 0 Å². The van der Waals surface area contributed by atoms with Crippen molar-refractivity contribution < 1.29 is 14.6 Å². The van der Waals surface area contributed by atoms with E-state index in [1.807, 2.05) is 0 Å². The van der Waals surface area contributed by atoms with Crippen LogP contribution >= 0.6 is 0 Å². The molecular weight excluding hydrogens is 216 g/mol. The van der Waals surface area contributed by atoms with E-state index in [0.717, 1.165) is 19.4 Å². The molecule has 1 saturated heterocycles. The maximum atomic E-state index is 10.3. The Morgan fingerprint density at radius 2 is 1.94 bits per heavy atom. The van der Waals surface area contributed by atoms with Gasteiger partial charge in [-0.2, -0.15) is 0 Å². The molecule has 1 heterocycles. The topological polar surface area (TPSA) is 38.7 Å². The van der Waals surface area contributed by atoms with Crippen molar-refractivity contribution >= 4 is 0 Å². The highest BCUT2D eigenvalue weighted by molar-refractivity contribution is 4.97. The molecule has 0 spiro atoms. The summed E-state index contributed by atoms with van der Waals surface area (Å²) < 4.78 is 11.4. The summed E-state index contributed by atoms with van der Waals surface area (Å²) in [5.74, 6) is 0.197. The first kappa shape index (κ1) is 14.9. The molecule has 102 valence electrons. The molecule has 1 fully saturated rings. The minimum atomic E-state index is -0.330. The quantitative estimate of drug-likeness (QED) is 0.730. The summed E-state index contributed by atoms with van der Waals surface area (Å²) >= 11 is 0. The zero-order valence-corrected chi connectivity index (χ0v) is 12.0. The molecule has 3 nitrogen and oxygen atoms in total. The SMILES string of the molecule is CCCOCCC(O)C1CC(C)(C)OC1(C)C. The summed E-state index contributed by atoms with van der Waals surface area (Å²) in [6, 6.07) is 0. The second-order valence-corrected chi connectivity index (χ2v) is 6.24. The summed E-state index contributed by atoms with van der Waals surface area (Å²) in [5, 5.41) is 10.3. The van der Waals surface area contributed by atoms with Crippen LogP contribution < -0.4 is 0 Å². The Hall–Kier alpha value is -0.120. The van der Waals surface area contributed by atoms with E-state index in [2.05, 4.69) is 34.6 Å². The van der Waals surface area contributed by atoms with Crippen LogP contribution in [0.1, 0.15) is 53.9 Å². The largest absolute Gasteiger partial charge is 0.393 e. The first-order valence-electron chi connectivity index (χ1n) is 6.74. The van der Waals surface area contributed by atoms with E-state index in [1.54, 1.807) is 0 Å². The molecule has 0 bridgehead atoms. The Morgan fingerprint density at radius 1 is 1.29 bits per heavy atom. The van der Waals surface area contributed by atoms with Crippen LogP contribution in [0.4, 0.5) is 0 Å². The fourth-order valence-electron chi connectivity index (χ4n) is 2.86. The second kappa shape index (κ2) is 5.68. The van der Waals surface area contributed by atoms with Gasteiger partial charge in [-0.15, -0.1) is 0 Å². The van der Waals surface area contributed by atoms with Crippen molar-refractivity contribution in [3.05, 3.63) is 0 Å². The molecule has 0 amide bonds. The van der Waals surface area contributed by atoms with Crippen LogP contribution in [0.15, 0.2) is 0 Å². The third kappa shape index (κ3) is 4.23. The van der Waals surface area contributed by atoms with Crippen molar-refractivity contribution in [1.82, 2.24) is 0 Å². The Kier molecular flexibility index (Phi) is 4.99. The van der Waals surface area contributed by atoms with Gasteiger partial charge in [-0.05, 0) is 47.0 Å². The Bertz CT molecular complexity index is 236. The van der Waals surface area contributed by atoms with Gasteiger partial charge in [0.1, 0.15) is 0 Å². The van der Waals surface area contributed by atoms with Crippen LogP contribution in [0, 0.1) is 5.92 Å². The lowest BCUT2D eigenvalue weighted by atomic mass is 9.82. The lowest BCUT2D eigenvalue weighted by Gasteiger charge is -2.30. The van der Waals surface area contributed by atoms with Gasteiger partial charge in [-0.3, -0.25) is 0 Å². The van der Waals surface area contributed by atoms with E-state index in [-0.39, 0.29) is 23.2 Å². The fourth-order valence-corrected chi connectivity index (χ4v) is 2.86. The highest BCUT2D eigenvalue weighted by atomic mass is 16.5. The molecule has 2 atom stereocenters. The molecule has 1 aliphatic rings. The van der Waals surface area contributed by atoms with E-state index in [0.29, 0.717) is 13.0 Å². The minimum absolute atomic E-state index is 0.126. The van der Waals surface area contributed by atoms with E-state index in [9.17, 15) is 5.11 Å². The zero-order chi connectivity index (χ0) is 13.1. The van der Waals surface area contributed by atoms with Crippen LogP contribution in [0.25, 0.3) is 0 Å². The molecule has 0 saturated carbocycles. The molecule has 0 aliphatic carbocycles. The molecule has 1 rings (SSSR count). The highest BCUT2D eigenvalue weighted by Gasteiger charge is 2.48. The van der Waals surface area contributed by atoms with Gasteiger partial charge < -0.3 is 14.6 Å². The molecule has 1 aliphatic heterocycles. The predicted octanol–water partition coefficient (Wildman–Crippen LogP) is 2.76. The van der Waals surface area contributed by atoms with Gasteiger partial charge in [0, 0.05) is 19.1 Å². The molecular formula is C14H28O3. The van der Waals surface area contributed by atoms with Gasteiger partial charge in [0.15, 0.2) is 0 Å². The van der Waals surface area contributed by atoms with Crippen LogP contribution in [0.3, 0.4) is 0 Å². The van der Waals surface area contributed by atoms with E-state index >= 15 is 0 Å². The molecule has 0 aromatic heterocycles. The summed E-state index contributed by atoms with van der Waals surface area (Å²) in [6.07, 6.45) is 2.31. The first-order valence-corrected chi connectivity index (χ1v) is 6.74. The lowest BCUT2D eigenvalue weighted by Crippen LogP contribution is -2.36. The number of hydrogen-bond acceptors (Lipinski definition) is 3. The number of aliphatic hydroxyl groups excluding tert-OH is 1. The standard InChI is InChI=1S/C14H28O3/c1-6-8-16-9-7-12(15)11-10-13(2,3)17-14(11,4)5/h11-12,15H,6-10H2,1-5H3. The van der Waals surface area contributed by atoms with Crippen LogP contribution in [0.2, 0.25) is 0 Å². The van der Waals surface area contributed by atoms with Gasteiger partial charge in [-0.25, -0.2) is 0 Å². The van der Waals surface area contributed by atoms with Crippen LogP contribution in [-0.4, -0.2) is 35.6 Å². The third-order valence-electron chi connectivity index (χ3n) is 3.51. The number of ether oxygens (including phenoxy) is 2. The Morgan fingerprint density at radius 3 is 2.41 bits per heavy atom. The second-order valence-electron chi connectivity index (χ2n) is 6.24. The molecule has 1 N–H and O–H groups in total. The Balaban J connectivity index is 2.43. The summed E-state index contributed by atoms with van der Waals surface area (Å²) in [5.41, 5.74) is -0.368. The lowest BCUT2D eigenvalue weighted by molar-refractivity contribution is -0.0897. The first-order chi connectivity index (χ1) is 7.78. The summed E-state index contributed by atoms with van der Waals surface area (Å²) in [6.45, 7) is 11.8. The normalized spacial score (nSPS) is 28.2. The van der Waals surface area contributed by atoms with E-state index < -0.39 is 0 Å². The number of aliphatic hydroxyl groups is 1. The smallest absolute Gasteiger partial charge is 0.0687 e. The summed E-state index contributed by atoms with van der Waals surface area (Å²) in [7, 11) is 0. The average molecular weight is 244 g/mol. The molecule has 0 aromatic rings. The molecule has 2 unspecified atom stereocenters. The van der Waals surface area contributed by atoms with Gasteiger partial charge in [0.05, 0.1) is 17.3 Å². The molecule has 0 radical (unpaired) electrons. The van der Waals surface area contributed by atoms with Crippen LogP contribution in [0.5, 0.6) is 0 Å². The summed E-state index contributed by atoms with van der Waals surface area (Å²) in [4.78, 5) is 0. The maximum absolute atomic E-state index is 10.3. The number of rotatable bonds is 6. The Labute approximate surface area is 105 Å². The maximum Gasteiger partial charge on any atom is 0.0687 e. The third-order valence-corrected chi connectivity index (χ3v) is 3.51. The van der Waals surface area contributed by atoms with Crippen molar-refractivity contribution in [3.63, 3.8) is 0 Å². The van der Waals surface area contributed by atoms with Crippen molar-refractivity contribution in [2.75, 3.05) is 13.2 Å². The van der Waals surface area contributed by atoms with Crippen molar-refractivity contribution in [3.8, 4) is 0 Å². The highest BCUT2D eigenvalue weighted by Crippen LogP contribution is 2.44. The van der Waals surface area contributed by atoms with E-state index in [4.69, 9.17) is 9.47 Å². The molecule has 0 aromatic carbocycles. The van der Waals surface area contributed by atoms with Crippen molar-refractivity contribution in [1.29, 1.82) is 0 Å². The monoisotopic (exact) mass is 244 g/mol. The van der Waals surface area contributed by atoms with E-state index in [1.165, 1.54) is 0 Å². The number of hydrogen-bond donors (Lipinski definition) is 1. The van der Waals surface area contributed by atoms with Crippen molar-refractivity contribution in [2.45, 2.75) is 71.2 Å². The minimum Gasteiger partial charge on any atom is -0.393 e. The van der Waals surface area contributed by atoms with Gasteiger partial charge in [0.2, 0.25) is 0 Å². The zero-order valence-electron chi connectivity index (χ0n) is 12.0. The average Bonchev–Trinajstić information content (AvgIpc) is 2.41.